The van der Waals surface area contributed by atoms with Gasteiger partial charge in [-0.3, -0.25) is 0 Å². The first kappa shape index (κ1) is 14.0. The van der Waals surface area contributed by atoms with E-state index in [9.17, 15) is 8.42 Å². The third-order valence-electron chi connectivity index (χ3n) is 3.41. The molecule has 1 aromatic heterocycles. The van der Waals surface area contributed by atoms with Crippen LogP contribution in [0.3, 0.4) is 0 Å². The summed E-state index contributed by atoms with van der Waals surface area (Å²) in [5.74, 6) is 0. The van der Waals surface area contributed by atoms with Crippen LogP contribution in [0.25, 0.3) is 0 Å². The van der Waals surface area contributed by atoms with Gasteiger partial charge in [0.05, 0.1) is 10.3 Å². The van der Waals surface area contributed by atoms with Crippen molar-refractivity contribution >= 4 is 21.2 Å². The summed E-state index contributed by atoms with van der Waals surface area (Å²) in [4.78, 5) is 4.40. The van der Waals surface area contributed by atoms with E-state index in [1.165, 1.54) is 6.26 Å². The number of sulfone groups is 1. The third kappa shape index (κ3) is 3.52. The normalized spacial score (nSPS) is 24.6. The van der Waals surface area contributed by atoms with Gasteiger partial charge in [0.2, 0.25) is 0 Å². The second kappa shape index (κ2) is 5.67. The summed E-state index contributed by atoms with van der Waals surface area (Å²) in [5, 5.41) is 6.35. The molecule has 1 fully saturated rings. The Kier molecular flexibility index (Phi) is 4.40. The molecule has 0 aliphatic heterocycles. The molecule has 1 N–H and O–H groups in total. The van der Waals surface area contributed by atoms with Gasteiger partial charge in [0.25, 0.3) is 0 Å². The highest BCUT2D eigenvalue weighted by molar-refractivity contribution is 7.91. The molecule has 0 radical (unpaired) electrons. The molecular weight excluding hydrogens is 268 g/mol. The van der Waals surface area contributed by atoms with Crippen molar-refractivity contribution in [3.8, 4) is 0 Å². The lowest BCUT2D eigenvalue weighted by Gasteiger charge is -2.19. The molecule has 0 aromatic carbocycles. The zero-order valence-electron chi connectivity index (χ0n) is 10.8. The Labute approximate surface area is 113 Å². The van der Waals surface area contributed by atoms with Gasteiger partial charge in [0.15, 0.2) is 9.84 Å². The molecule has 0 amide bonds. The van der Waals surface area contributed by atoms with Gasteiger partial charge in [0.1, 0.15) is 0 Å². The van der Waals surface area contributed by atoms with E-state index in [-0.39, 0.29) is 11.3 Å². The molecule has 0 bridgehead atoms. The quantitative estimate of drug-likeness (QED) is 0.893. The number of nitrogens with zero attached hydrogens (tertiary/aromatic N) is 1. The van der Waals surface area contributed by atoms with Crippen LogP contribution in [0, 0.1) is 6.92 Å². The van der Waals surface area contributed by atoms with Crippen LogP contribution in [0.5, 0.6) is 0 Å². The SMILES string of the molecule is Cc1csc(CCNC2CCCC2S(C)(=O)=O)n1. The van der Waals surface area contributed by atoms with Gasteiger partial charge in [0, 0.05) is 36.3 Å². The molecule has 1 heterocycles. The molecule has 2 atom stereocenters. The highest BCUT2D eigenvalue weighted by Crippen LogP contribution is 2.25. The van der Waals surface area contributed by atoms with Crippen molar-refractivity contribution in [2.45, 2.75) is 43.9 Å². The number of nitrogens with one attached hydrogen (secondary N) is 1. The van der Waals surface area contributed by atoms with E-state index in [1.807, 2.05) is 12.3 Å². The summed E-state index contributed by atoms with van der Waals surface area (Å²) in [5.41, 5.74) is 1.06. The van der Waals surface area contributed by atoms with Crippen LogP contribution in [0.4, 0.5) is 0 Å². The van der Waals surface area contributed by atoms with Crippen LogP contribution in [-0.4, -0.2) is 37.5 Å². The Balaban J connectivity index is 1.83. The van der Waals surface area contributed by atoms with Crippen LogP contribution in [-0.2, 0) is 16.3 Å². The van der Waals surface area contributed by atoms with Crippen LogP contribution >= 0.6 is 11.3 Å². The molecule has 1 aliphatic rings. The van der Waals surface area contributed by atoms with Gasteiger partial charge >= 0.3 is 0 Å². The molecule has 2 rings (SSSR count). The fourth-order valence-corrected chi connectivity index (χ4v) is 4.75. The van der Waals surface area contributed by atoms with E-state index in [0.29, 0.717) is 0 Å². The van der Waals surface area contributed by atoms with Crippen LogP contribution < -0.4 is 5.32 Å². The monoisotopic (exact) mass is 288 g/mol. The third-order valence-corrected chi connectivity index (χ3v) is 6.11. The molecule has 0 saturated heterocycles. The molecule has 18 heavy (non-hydrogen) atoms. The molecule has 1 saturated carbocycles. The summed E-state index contributed by atoms with van der Waals surface area (Å²) in [6, 6.07) is 0.126. The predicted molar refractivity (Wildman–Crippen MR) is 74.8 cm³/mol. The number of aromatic nitrogens is 1. The highest BCUT2D eigenvalue weighted by atomic mass is 32.2. The first-order valence-corrected chi connectivity index (χ1v) is 9.13. The fourth-order valence-electron chi connectivity index (χ4n) is 2.55. The zero-order valence-corrected chi connectivity index (χ0v) is 12.5. The van der Waals surface area contributed by atoms with Crippen molar-refractivity contribution in [2.24, 2.45) is 0 Å². The minimum Gasteiger partial charge on any atom is -0.312 e. The average molecular weight is 288 g/mol. The van der Waals surface area contributed by atoms with Crippen molar-refractivity contribution in [3.05, 3.63) is 16.1 Å². The first-order valence-electron chi connectivity index (χ1n) is 6.30. The molecule has 6 heteroatoms. The zero-order chi connectivity index (χ0) is 13.2. The van der Waals surface area contributed by atoms with Crippen molar-refractivity contribution in [2.75, 3.05) is 12.8 Å². The number of thiazole rings is 1. The lowest BCUT2D eigenvalue weighted by Crippen LogP contribution is -2.40. The Morgan fingerprint density at radius 2 is 2.28 bits per heavy atom. The fraction of sp³-hybridized carbons (Fsp3) is 0.750. The van der Waals surface area contributed by atoms with E-state index in [2.05, 4.69) is 10.3 Å². The Morgan fingerprint density at radius 3 is 2.89 bits per heavy atom. The Hall–Kier alpha value is -0.460. The van der Waals surface area contributed by atoms with Crippen molar-refractivity contribution in [3.63, 3.8) is 0 Å². The average Bonchev–Trinajstić information content (AvgIpc) is 2.86. The van der Waals surface area contributed by atoms with Gasteiger partial charge < -0.3 is 5.32 Å². The summed E-state index contributed by atoms with van der Waals surface area (Å²) in [6.45, 7) is 2.80. The largest absolute Gasteiger partial charge is 0.312 e. The van der Waals surface area contributed by atoms with Gasteiger partial charge in [-0.25, -0.2) is 13.4 Å². The van der Waals surface area contributed by atoms with E-state index < -0.39 is 9.84 Å². The van der Waals surface area contributed by atoms with Gasteiger partial charge in [-0.15, -0.1) is 11.3 Å². The van der Waals surface area contributed by atoms with Gasteiger partial charge in [-0.2, -0.15) is 0 Å². The van der Waals surface area contributed by atoms with E-state index in [1.54, 1.807) is 11.3 Å². The van der Waals surface area contributed by atoms with E-state index in [4.69, 9.17) is 0 Å². The summed E-state index contributed by atoms with van der Waals surface area (Å²) < 4.78 is 23.3. The maximum absolute atomic E-state index is 11.6. The Morgan fingerprint density at radius 1 is 1.50 bits per heavy atom. The van der Waals surface area contributed by atoms with Crippen molar-refractivity contribution in [1.82, 2.24) is 10.3 Å². The van der Waals surface area contributed by atoms with Crippen LogP contribution in [0.15, 0.2) is 5.38 Å². The molecule has 4 nitrogen and oxygen atoms in total. The number of hydrogen-bond acceptors (Lipinski definition) is 5. The maximum atomic E-state index is 11.6. The van der Waals surface area contributed by atoms with Crippen molar-refractivity contribution < 1.29 is 8.42 Å². The summed E-state index contributed by atoms with van der Waals surface area (Å²) >= 11 is 1.67. The lowest BCUT2D eigenvalue weighted by molar-refractivity contribution is 0.510. The molecule has 1 aliphatic carbocycles. The minimum absolute atomic E-state index is 0.126. The second-order valence-electron chi connectivity index (χ2n) is 4.99. The maximum Gasteiger partial charge on any atom is 0.151 e. The Bertz CT molecular complexity index is 496. The first-order chi connectivity index (χ1) is 8.47. The molecule has 0 spiro atoms. The molecule has 1 aromatic rings. The summed E-state index contributed by atoms with van der Waals surface area (Å²) in [7, 11) is -2.92. The summed E-state index contributed by atoms with van der Waals surface area (Å²) in [6.07, 6.45) is 5.00. The molecule has 102 valence electrons. The topological polar surface area (TPSA) is 59.1 Å². The lowest BCUT2D eigenvalue weighted by atomic mass is 10.2. The minimum atomic E-state index is -2.92. The smallest absolute Gasteiger partial charge is 0.151 e. The van der Waals surface area contributed by atoms with E-state index in [0.717, 1.165) is 42.9 Å². The predicted octanol–water partition coefficient (Wildman–Crippen LogP) is 1.55. The van der Waals surface area contributed by atoms with Crippen LogP contribution in [0.2, 0.25) is 0 Å². The standard InChI is InChI=1S/C12H20N2O2S2/c1-9-8-17-12(14-9)6-7-13-10-4-3-5-11(10)18(2,15)16/h8,10-11,13H,3-7H2,1-2H3. The van der Waals surface area contributed by atoms with Crippen molar-refractivity contribution in [1.29, 1.82) is 0 Å². The van der Waals surface area contributed by atoms with Crippen LogP contribution in [0.1, 0.15) is 30.0 Å². The van der Waals surface area contributed by atoms with E-state index >= 15 is 0 Å². The van der Waals surface area contributed by atoms with Gasteiger partial charge in [-0.05, 0) is 19.8 Å². The number of aryl methyl sites for hydroxylation is 1. The van der Waals surface area contributed by atoms with Gasteiger partial charge in [-0.1, -0.05) is 6.42 Å². The molecular formula is C12H20N2O2S2. The molecule has 2 unspecified atom stereocenters. The number of hydrogen-bond donors (Lipinski definition) is 1. The number of rotatable bonds is 5. The highest BCUT2D eigenvalue weighted by Gasteiger charge is 2.34. The second-order valence-corrected chi connectivity index (χ2v) is 8.20.